The molecular weight excluding hydrogens is 202 g/mol. The van der Waals surface area contributed by atoms with Gasteiger partial charge in [0.2, 0.25) is 0 Å². The van der Waals surface area contributed by atoms with E-state index in [0.717, 1.165) is 12.4 Å². The van der Waals surface area contributed by atoms with E-state index in [1.54, 1.807) is 0 Å². The smallest absolute Gasteiger partial charge is 0.125 e. The average Bonchev–Trinajstić information content (AvgIpc) is 2.86. The Labute approximate surface area is 97.0 Å². The second kappa shape index (κ2) is 4.97. The van der Waals surface area contributed by atoms with E-state index in [0.29, 0.717) is 12.1 Å². The summed E-state index contributed by atoms with van der Waals surface area (Å²) in [6.45, 7) is 5.25. The van der Waals surface area contributed by atoms with Crippen LogP contribution in [0.1, 0.15) is 38.6 Å². The lowest BCUT2D eigenvalue weighted by Crippen LogP contribution is -2.39. The molecule has 16 heavy (non-hydrogen) atoms. The van der Waals surface area contributed by atoms with Crippen LogP contribution in [0.25, 0.3) is 0 Å². The van der Waals surface area contributed by atoms with Crippen LogP contribution in [0.15, 0.2) is 12.4 Å². The molecule has 4 nitrogen and oxygen atoms in total. The highest BCUT2D eigenvalue weighted by atomic mass is 16.5. The second-order valence-electron chi connectivity index (χ2n) is 4.62. The van der Waals surface area contributed by atoms with Crippen LogP contribution in [0.5, 0.6) is 0 Å². The fourth-order valence-corrected chi connectivity index (χ4v) is 2.37. The summed E-state index contributed by atoms with van der Waals surface area (Å²) < 4.78 is 7.73. The first-order valence-corrected chi connectivity index (χ1v) is 6.03. The van der Waals surface area contributed by atoms with Crippen molar-refractivity contribution in [3.05, 3.63) is 18.2 Å². The van der Waals surface area contributed by atoms with Crippen molar-refractivity contribution in [2.75, 3.05) is 6.61 Å². The van der Waals surface area contributed by atoms with Crippen molar-refractivity contribution in [2.24, 2.45) is 7.05 Å². The van der Waals surface area contributed by atoms with Crippen molar-refractivity contribution >= 4 is 0 Å². The number of nitrogens with one attached hydrogen (secondary N) is 1. The van der Waals surface area contributed by atoms with Crippen molar-refractivity contribution < 1.29 is 4.74 Å². The Morgan fingerprint density at radius 3 is 2.94 bits per heavy atom. The van der Waals surface area contributed by atoms with E-state index in [2.05, 4.69) is 28.7 Å². The molecule has 0 saturated carbocycles. The lowest BCUT2D eigenvalue weighted by atomic mass is 10.1. The summed E-state index contributed by atoms with van der Waals surface area (Å²) in [7, 11) is 2.03. The summed E-state index contributed by atoms with van der Waals surface area (Å²) in [6.07, 6.45) is 6.53. The third-order valence-corrected chi connectivity index (χ3v) is 3.28. The maximum absolute atomic E-state index is 5.67. The molecule has 4 heteroatoms. The van der Waals surface area contributed by atoms with Crippen molar-refractivity contribution in [1.29, 1.82) is 0 Å². The summed E-state index contributed by atoms with van der Waals surface area (Å²) in [4.78, 5) is 4.36. The Kier molecular flexibility index (Phi) is 3.61. The number of aromatic nitrogens is 2. The molecule has 1 aliphatic heterocycles. The van der Waals surface area contributed by atoms with Gasteiger partial charge in [0, 0.05) is 32.1 Å². The highest BCUT2D eigenvalue weighted by molar-refractivity contribution is 4.98. The summed E-state index contributed by atoms with van der Waals surface area (Å²) in [6, 6.07) is 0.647. The maximum Gasteiger partial charge on any atom is 0.125 e. The lowest BCUT2D eigenvalue weighted by molar-refractivity contribution is 0.0799. The second-order valence-corrected chi connectivity index (χ2v) is 4.62. The zero-order valence-electron chi connectivity index (χ0n) is 10.3. The minimum absolute atomic E-state index is 0.263. The predicted molar refractivity (Wildman–Crippen MR) is 63.2 cm³/mol. The quantitative estimate of drug-likeness (QED) is 0.843. The SMILES string of the molecule is CC(NC(C)C1CCCO1)c1nccn1C. The molecule has 2 rings (SSSR count). The van der Waals surface area contributed by atoms with E-state index in [1.165, 1.54) is 12.8 Å². The van der Waals surface area contributed by atoms with Gasteiger partial charge in [0.05, 0.1) is 12.1 Å². The van der Waals surface area contributed by atoms with E-state index in [4.69, 9.17) is 4.74 Å². The van der Waals surface area contributed by atoms with Crippen molar-refractivity contribution in [3.8, 4) is 0 Å². The molecule has 90 valence electrons. The van der Waals surface area contributed by atoms with E-state index in [1.807, 2.05) is 19.4 Å². The first-order chi connectivity index (χ1) is 7.68. The van der Waals surface area contributed by atoms with Crippen LogP contribution >= 0.6 is 0 Å². The van der Waals surface area contributed by atoms with Crippen LogP contribution in [0.3, 0.4) is 0 Å². The lowest BCUT2D eigenvalue weighted by Gasteiger charge is -2.24. The Hall–Kier alpha value is -0.870. The van der Waals surface area contributed by atoms with Crippen LogP contribution < -0.4 is 5.32 Å². The Morgan fingerprint density at radius 2 is 2.38 bits per heavy atom. The van der Waals surface area contributed by atoms with Crippen LogP contribution in [-0.4, -0.2) is 28.3 Å². The van der Waals surface area contributed by atoms with Gasteiger partial charge in [0.25, 0.3) is 0 Å². The first-order valence-electron chi connectivity index (χ1n) is 6.03. The Bertz CT molecular complexity index is 331. The molecular formula is C12H21N3O. The minimum atomic E-state index is 0.263. The number of hydrogen-bond acceptors (Lipinski definition) is 3. The van der Waals surface area contributed by atoms with Crippen LogP contribution in [-0.2, 0) is 11.8 Å². The molecule has 1 saturated heterocycles. The fourth-order valence-electron chi connectivity index (χ4n) is 2.37. The van der Waals surface area contributed by atoms with Gasteiger partial charge in [-0.25, -0.2) is 4.98 Å². The Morgan fingerprint density at radius 1 is 1.56 bits per heavy atom. The molecule has 1 aliphatic rings. The normalized spacial score (nSPS) is 24.6. The standard InChI is InChI=1S/C12H21N3O/c1-9(11-5-4-8-16-11)14-10(2)12-13-6-7-15(12)3/h6-7,9-11,14H,4-5,8H2,1-3H3. The molecule has 3 atom stereocenters. The highest BCUT2D eigenvalue weighted by Crippen LogP contribution is 2.18. The maximum atomic E-state index is 5.67. The molecule has 0 spiro atoms. The van der Waals surface area contributed by atoms with Crippen LogP contribution in [0.4, 0.5) is 0 Å². The molecule has 3 unspecified atom stereocenters. The van der Waals surface area contributed by atoms with Gasteiger partial charge in [-0.15, -0.1) is 0 Å². The fraction of sp³-hybridized carbons (Fsp3) is 0.750. The molecule has 1 N–H and O–H groups in total. The predicted octanol–water partition coefficient (Wildman–Crippen LogP) is 1.64. The topological polar surface area (TPSA) is 39.1 Å². The highest BCUT2D eigenvalue weighted by Gasteiger charge is 2.24. The van der Waals surface area contributed by atoms with E-state index < -0.39 is 0 Å². The number of rotatable bonds is 4. The van der Waals surface area contributed by atoms with Crippen molar-refractivity contribution in [1.82, 2.24) is 14.9 Å². The van der Waals surface area contributed by atoms with Gasteiger partial charge >= 0.3 is 0 Å². The third-order valence-electron chi connectivity index (χ3n) is 3.28. The zero-order chi connectivity index (χ0) is 11.5. The summed E-state index contributed by atoms with van der Waals surface area (Å²) in [5.41, 5.74) is 0. The van der Waals surface area contributed by atoms with Gasteiger partial charge in [0.15, 0.2) is 0 Å². The molecule has 0 bridgehead atoms. The number of hydrogen-bond donors (Lipinski definition) is 1. The molecule has 1 aromatic rings. The molecule has 1 fully saturated rings. The van der Waals surface area contributed by atoms with Crippen molar-refractivity contribution in [2.45, 2.75) is 44.9 Å². The summed E-state index contributed by atoms with van der Waals surface area (Å²) in [5.74, 6) is 1.07. The van der Waals surface area contributed by atoms with Gasteiger partial charge in [-0.05, 0) is 26.7 Å². The Balaban J connectivity index is 1.91. The number of aryl methyl sites for hydroxylation is 1. The van der Waals surface area contributed by atoms with E-state index in [9.17, 15) is 0 Å². The third kappa shape index (κ3) is 2.44. The first kappa shape index (κ1) is 11.6. The molecule has 0 radical (unpaired) electrons. The number of imidazole rings is 1. The van der Waals surface area contributed by atoms with Gasteiger partial charge < -0.3 is 14.6 Å². The molecule has 0 aromatic carbocycles. The largest absolute Gasteiger partial charge is 0.377 e. The van der Waals surface area contributed by atoms with E-state index in [-0.39, 0.29) is 6.04 Å². The minimum Gasteiger partial charge on any atom is -0.377 e. The summed E-state index contributed by atoms with van der Waals surface area (Å²) >= 11 is 0. The molecule has 0 amide bonds. The number of ether oxygens (including phenoxy) is 1. The average molecular weight is 223 g/mol. The molecule has 1 aromatic heterocycles. The van der Waals surface area contributed by atoms with Gasteiger partial charge in [-0.3, -0.25) is 0 Å². The van der Waals surface area contributed by atoms with Crippen LogP contribution in [0, 0.1) is 0 Å². The van der Waals surface area contributed by atoms with Gasteiger partial charge in [0.1, 0.15) is 5.82 Å². The van der Waals surface area contributed by atoms with Crippen LogP contribution in [0.2, 0.25) is 0 Å². The van der Waals surface area contributed by atoms with E-state index >= 15 is 0 Å². The number of nitrogens with zero attached hydrogens (tertiary/aromatic N) is 2. The summed E-state index contributed by atoms with van der Waals surface area (Å²) in [5, 5.41) is 3.56. The monoisotopic (exact) mass is 223 g/mol. The molecule has 2 heterocycles. The molecule has 0 aliphatic carbocycles. The van der Waals surface area contributed by atoms with Gasteiger partial charge in [-0.1, -0.05) is 0 Å². The van der Waals surface area contributed by atoms with Crippen molar-refractivity contribution in [3.63, 3.8) is 0 Å². The van der Waals surface area contributed by atoms with Gasteiger partial charge in [-0.2, -0.15) is 0 Å². The zero-order valence-corrected chi connectivity index (χ0v) is 10.3.